The van der Waals surface area contributed by atoms with Gasteiger partial charge in [0.1, 0.15) is 5.82 Å². The normalized spacial score (nSPS) is 15.2. The van der Waals surface area contributed by atoms with E-state index in [1.807, 2.05) is 36.1 Å². The molecule has 7 heteroatoms. The fourth-order valence-corrected chi connectivity index (χ4v) is 3.80. The van der Waals surface area contributed by atoms with Gasteiger partial charge in [0, 0.05) is 45.3 Å². The number of fused-ring (bicyclic) bond motifs is 1. The number of H-pyrrole nitrogens is 1. The quantitative estimate of drug-likeness (QED) is 0.742. The van der Waals surface area contributed by atoms with Gasteiger partial charge in [0.05, 0.1) is 22.7 Å². The Labute approximate surface area is 170 Å². The van der Waals surface area contributed by atoms with Crippen molar-refractivity contribution in [2.24, 2.45) is 0 Å². The first kappa shape index (κ1) is 19.1. The van der Waals surface area contributed by atoms with Crippen LogP contribution in [-0.2, 0) is 13.0 Å². The Morgan fingerprint density at radius 3 is 2.97 bits per heavy atom. The van der Waals surface area contributed by atoms with E-state index < -0.39 is 0 Å². The van der Waals surface area contributed by atoms with Crippen LogP contribution >= 0.6 is 0 Å². The zero-order valence-corrected chi connectivity index (χ0v) is 16.6. The number of pyridine rings is 1. The smallest absolute Gasteiger partial charge is 0.256 e. The predicted molar refractivity (Wildman–Crippen MR) is 110 cm³/mol. The van der Waals surface area contributed by atoms with E-state index in [4.69, 9.17) is 5.26 Å². The number of carbonyl (C=O) groups excluding carboxylic acids is 1. The Kier molecular flexibility index (Phi) is 5.54. The molecule has 29 heavy (non-hydrogen) atoms. The largest absolute Gasteiger partial charge is 0.340 e. The number of nitrogens with zero attached hydrogens (tertiary/aromatic N) is 5. The first-order valence-electron chi connectivity index (χ1n) is 10.0. The third kappa shape index (κ3) is 4.13. The van der Waals surface area contributed by atoms with Crippen LogP contribution in [0.4, 0.5) is 0 Å². The maximum Gasteiger partial charge on any atom is 0.256 e. The van der Waals surface area contributed by atoms with E-state index in [2.05, 4.69) is 25.9 Å². The number of benzene rings is 1. The highest BCUT2D eigenvalue weighted by Crippen LogP contribution is 2.18. The lowest BCUT2D eigenvalue weighted by Gasteiger charge is -2.22. The average Bonchev–Trinajstić information content (AvgIpc) is 3.05. The van der Waals surface area contributed by atoms with Gasteiger partial charge in [-0.2, -0.15) is 5.26 Å². The van der Waals surface area contributed by atoms with Gasteiger partial charge < -0.3 is 9.88 Å². The molecule has 0 spiro atoms. The van der Waals surface area contributed by atoms with Gasteiger partial charge in [-0.1, -0.05) is 19.1 Å². The molecule has 1 saturated heterocycles. The number of amides is 1. The van der Waals surface area contributed by atoms with Crippen LogP contribution in [-0.4, -0.2) is 56.8 Å². The van der Waals surface area contributed by atoms with Crippen molar-refractivity contribution in [1.29, 1.82) is 5.26 Å². The van der Waals surface area contributed by atoms with Crippen LogP contribution in [0.2, 0.25) is 0 Å². The van der Waals surface area contributed by atoms with Gasteiger partial charge in [-0.05, 0) is 30.2 Å². The monoisotopic (exact) mass is 388 g/mol. The van der Waals surface area contributed by atoms with Crippen LogP contribution in [0.15, 0.2) is 36.5 Å². The number of hydrogen-bond donors (Lipinski definition) is 1. The van der Waals surface area contributed by atoms with Gasteiger partial charge in [0.15, 0.2) is 5.65 Å². The summed E-state index contributed by atoms with van der Waals surface area (Å²) in [6, 6.07) is 11.7. The summed E-state index contributed by atoms with van der Waals surface area (Å²) < 4.78 is 0. The molecule has 1 aliphatic heterocycles. The molecule has 0 radical (unpaired) electrons. The highest BCUT2D eigenvalue weighted by atomic mass is 16.2. The highest BCUT2D eigenvalue weighted by molar-refractivity contribution is 6.04. The molecular formula is C22H24N6O. The van der Waals surface area contributed by atoms with Crippen molar-refractivity contribution >= 4 is 17.1 Å². The van der Waals surface area contributed by atoms with E-state index in [0.717, 1.165) is 55.9 Å². The van der Waals surface area contributed by atoms with E-state index in [9.17, 15) is 4.79 Å². The number of aromatic amines is 1. The molecular weight excluding hydrogens is 364 g/mol. The number of nitrogens with one attached hydrogen (secondary N) is 1. The maximum atomic E-state index is 13.2. The molecule has 1 N–H and O–H groups in total. The van der Waals surface area contributed by atoms with Gasteiger partial charge in [-0.25, -0.2) is 9.97 Å². The topological polar surface area (TPSA) is 88.9 Å². The van der Waals surface area contributed by atoms with E-state index in [-0.39, 0.29) is 5.91 Å². The number of rotatable bonds is 4. The van der Waals surface area contributed by atoms with Crippen molar-refractivity contribution in [1.82, 2.24) is 24.8 Å². The van der Waals surface area contributed by atoms with Crippen molar-refractivity contribution in [3.8, 4) is 6.07 Å². The highest BCUT2D eigenvalue weighted by Gasteiger charge is 2.23. The molecule has 1 aliphatic rings. The van der Waals surface area contributed by atoms with Crippen molar-refractivity contribution in [3.63, 3.8) is 0 Å². The van der Waals surface area contributed by atoms with Crippen LogP contribution in [0, 0.1) is 11.3 Å². The zero-order chi connectivity index (χ0) is 20.2. The fourth-order valence-electron chi connectivity index (χ4n) is 3.80. The Bertz CT molecular complexity index is 1070. The van der Waals surface area contributed by atoms with Crippen LogP contribution < -0.4 is 0 Å². The molecule has 148 valence electrons. The zero-order valence-electron chi connectivity index (χ0n) is 16.6. The minimum Gasteiger partial charge on any atom is -0.340 e. The Morgan fingerprint density at radius 2 is 2.14 bits per heavy atom. The number of carbonyl (C=O) groups is 1. The van der Waals surface area contributed by atoms with Gasteiger partial charge in [-0.15, -0.1) is 0 Å². The molecule has 0 atom stereocenters. The van der Waals surface area contributed by atoms with E-state index in [1.165, 1.54) is 0 Å². The summed E-state index contributed by atoms with van der Waals surface area (Å²) in [5.74, 6) is 0.867. The van der Waals surface area contributed by atoms with Crippen LogP contribution in [0.1, 0.15) is 40.7 Å². The van der Waals surface area contributed by atoms with Crippen molar-refractivity contribution in [2.45, 2.75) is 26.3 Å². The van der Waals surface area contributed by atoms with Gasteiger partial charge in [-0.3, -0.25) is 9.69 Å². The molecule has 1 aromatic carbocycles. The molecule has 0 saturated carbocycles. The lowest BCUT2D eigenvalue weighted by molar-refractivity contribution is 0.0763. The van der Waals surface area contributed by atoms with Crippen LogP contribution in [0.25, 0.3) is 11.2 Å². The molecule has 4 rings (SSSR count). The molecule has 0 bridgehead atoms. The Morgan fingerprint density at radius 1 is 1.24 bits per heavy atom. The third-order valence-corrected chi connectivity index (χ3v) is 5.34. The molecule has 0 unspecified atom stereocenters. The molecule has 3 heterocycles. The molecule has 1 fully saturated rings. The summed E-state index contributed by atoms with van der Waals surface area (Å²) in [5.41, 5.74) is 3.77. The lowest BCUT2D eigenvalue weighted by Crippen LogP contribution is -2.35. The standard InChI is InChI=1S/C22H24N6O/c1-2-19-25-20-18(7-8-24-21(20)26-19)22(29)28-10-4-9-27(11-12-28)15-17-6-3-5-16(13-17)14-23/h3,5-8,13H,2,4,9-12,15H2,1H3,(H,24,25,26). The summed E-state index contributed by atoms with van der Waals surface area (Å²) in [6.07, 6.45) is 3.35. The SMILES string of the molecule is CCc1nc2nccc(C(=O)N3CCCN(Cc4cccc(C#N)c4)CC3)c2[nH]1. The number of imidazole rings is 1. The van der Waals surface area contributed by atoms with Gasteiger partial charge >= 0.3 is 0 Å². The minimum absolute atomic E-state index is 0.0250. The summed E-state index contributed by atoms with van der Waals surface area (Å²) >= 11 is 0. The fraction of sp³-hybridized carbons (Fsp3) is 0.364. The number of hydrogen-bond acceptors (Lipinski definition) is 5. The van der Waals surface area contributed by atoms with Gasteiger partial charge in [0.25, 0.3) is 5.91 Å². The van der Waals surface area contributed by atoms with E-state index in [0.29, 0.717) is 23.3 Å². The second kappa shape index (κ2) is 8.41. The van der Waals surface area contributed by atoms with E-state index >= 15 is 0 Å². The number of nitriles is 1. The van der Waals surface area contributed by atoms with Gasteiger partial charge in [0.2, 0.25) is 0 Å². The van der Waals surface area contributed by atoms with Crippen LogP contribution in [0.3, 0.4) is 0 Å². The summed E-state index contributed by atoms with van der Waals surface area (Å²) in [5, 5.41) is 9.09. The Hall–Kier alpha value is -3.24. The lowest BCUT2D eigenvalue weighted by atomic mass is 10.1. The molecule has 3 aromatic rings. The summed E-state index contributed by atoms with van der Waals surface area (Å²) in [4.78, 5) is 29.4. The molecule has 1 amide bonds. The summed E-state index contributed by atoms with van der Waals surface area (Å²) in [7, 11) is 0. The first-order valence-corrected chi connectivity index (χ1v) is 10.0. The Balaban J connectivity index is 1.46. The number of aromatic nitrogens is 3. The second-order valence-electron chi connectivity index (χ2n) is 7.33. The predicted octanol–water partition coefficient (Wildman–Crippen LogP) is 2.74. The third-order valence-electron chi connectivity index (χ3n) is 5.34. The molecule has 0 aliphatic carbocycles. The maximum absolute atomic E-state index is 13.2. The second-order valence-corrected chi connectivity index (χ2v) is 7.33. The minimum atomic E-state index is 0.0250. The first-order chi connectivity index (χ1) is 14.2. The summed E-state index contributed by atoms with van der Waals surface area (Å²) in [6.45, 7) is 5.95. The van der Waals surface area contributed by atoms with Crippen molar-refractivity contribution in [2.75, 3.05) is 26.2 Å². The van der Waals surface area contributed by atoms with E-state index in [1.54, 1.807) is 12.3 Å². The molecule has 7 nitrogen and oxygen atoms in total. The number of aryl methyl sites for hydroxylation is 1. The van der Waals surface area contributed by atoms with Crippen molar-refractivity contribution in [3.05, 3.63) is 59.0 Å². The average molecular weight is 388 g/mol. The van der Waals surface area contributed by atoms with Crippen LogP contribution in [0.5, 0.6) is 0 Å². The van der Waals surface area contributed by atoms with Crippen molar-refractivity contribution < 1.29 is 4.79 Å². The molecule has 2 aromatic heterocycles.